The molecule has 0 aliphatic rings. The van der Waals surface area contributed by atoms with Gasteiger partial charge in [0.25, 0.3) is 0 Å². The third kappa shape index (κ3) is 6.61. The van der Waals surface area contributed by atoms with E-state index in [-0.39, 0.29) is 17.5 Å². The predicted octanol–water partition coefficient (Wildman–Crippen LogP) is 5.36. The normalized spacial score (nSPS) is 11.1. The molecule has 0 fully saturated rings. The number of carbonyl (C=O) groups is 1. The van der Waals surface area contributed by atoms with Crippen molar-refractivity contribution in [1.29, 1.82) is 0 Å². The monoisotopic (exact) mass is 522 g/mol. The number of nitrogens with zero attached hydrogens (tertiary/aromatic N) is 5. The van der Waals surface area contributed by atoms with Crippen molar-refractivity contribution in [3.05, 3.63) is 70.8 Å². The number of benzene rings is 2. The van der Waals surface area contributed by atoms with Crippen LogP contribution in [0.5, 0.6) is 0 Å². The molecule has 194 valence electrons. The van der Waals surface area contributed by atoms with Gasteiger partial charge in [-0.1, -0.05) is 80.4 Å². The van der Waals surface area contributed by atoms with Gasteiger partial charge in [0.1, 0.15) is 12.4 Å². The van der Waals surface area contributed by atoms with Crippen LogP contribution in [0, 0.1) is 0 Å². The third-order valence-electron chi connectivity index (χ3n) is 5.88. The molecule has 2 heterocycles. The molecule has 0 saturated heterocycles. The maximum Gasteiger partial charge on any atom is 0.358 e. The van der Waals surface area contributed by atoms with Crippen molar-refractivity contribution in [2.75, 3.05) is 19.8 Å². The molecule has 2 aromatic heterocycles. The Balaban J connectivity index is 1.56. The number of rotatable bonds is 13. The second-order valence-electron chi connectivity index (χ2n) is 8.58. The predicted molar refractivity (Wildman–Crippen MR) is 141 cm³/mol. The minimum atomic E-state index is -0.494. The number of tetrazole rings is 1. The van der Waals surface area contributed by atoms with E-state index in [9.17, 15) is 4.79 Å². The van der Waals surface area contributed by atoms with E-state index in [1.165, 1.54) is 0 Å². The zero-order valence-corrected chi connectivity index (χ0v) is 21.9. The first kappa shape index (κ1) is 26.5. The Morgan fingerprint density at radius 3 is 2.49 bits per heavy atom. The standard InChI is InChI=1S/C27H31ClN6O3/c1-3-5-10-23-29-25(28)24(27(35)37-17-16-36-15-4-2)34(23)18-19-11-13-20(14-12-19)21-8-6-7-9-22(21)26-30-32-33-31-26/h6-9,11-14H,3-5,10,15-18H2,1-2H3,(H,30,31,32,33). The van der Waals surface area contributed by atoms with Gasteiger partial charge < -0.3 is 14.0 Å². The van der Waals surface area contributed by atoms with E-state index in [4.69, 9.17) is 21.1 Å². The Morgan fingerprint density at radius 2 is 1.78 bits per heavy atom. The smallest absolute Gasteiger partial charge is 0.358 e. The fourth-order valence-electron chi connectivity index (χ4n) is 4.04. The molecule has 4 aromatic rings. The summed E-state index contributed by atoms with van der Waals surface area (Å²) < 4.78 is 12.7. The van der Waals surface area contributed by atoms with Gasteiger partial charge in [-0.15, -0.1) is 10.2 Å². The topological polar surface area (TPSA) is 108 Å². The summed E-state index contributed by atoms with van der Waals surface area (Å²) in [6.07, 6.45) is 3.58. The highest BCUT2D eigenvalue weighted by atomic mass is 35.5. The van der Waals surface area contributed by atoms with E-state index in [1.807, 2.05) is 60.0 Å². The molecule has 0 atom stereocenters. The van der Waals surface area contributed by atoms with Crippen LogP contribution in [-0.2, 0) is 22.4 Å². The second kappa shape index (κ2) is 13.1. The summed E-state index contributed by atoms with van der Waals surface area (Å²) in [6, 6.07) is 16.1. The lowest BCUT2D eigenvalue weighted by Gasteiger charge is -2.13. The molecule has 0 aliphatic carbocycles. The third-order valence-corrected chi connectivity index (χ3v) is 6.14. The lowest BCUT2D eigenvalue weighted by atomic mass is 9.98. The number of imidazole rings is 1. The molecule has 0 unspecified atom stereocenters. The number of esters is 1. The summed E-state index contributed by atoms with van der Waals surface area (Å²) in [7, 11) is 0. The number of H-pyrrole nitrogens is 1. The van der Waals surface area contributed by atoms with Crippen LogP contribution in [0.3, 0.4) is 0 Å². The van der Waals surface area contributed by atoms with Crippen LogP contribution in [-0.4, -0.2) is 56.0 Å². The first-order valence-electron chi connectivity index (χ1n) is 12.5. The van der Waals surface area contributed by atoms with Gasteiger partial charge in [-0.2, -0.15) is 5.21 Å². The van der Waals surface area contributed by atoms with Crippen LogP contribution in [0.25, 0.3) is 22.5 Å². The molecular weight excluding hydrogens is 492 g/mol. The SMILES string of the molecule is CCCCc1nc(Cl)c(C(=O)OCCOCCC)n1Cc1ccc(-c2ccccc2-c2nn[nH]n2)cc1. The highest BCUT2D eigenvalue weighted by molar-refractivity contribution is 6.32. The summed E-state index contributed by atoms with van der Waals surface area (Å²) in [5.41, 5.74) is 4.19. The molecule has 0 radical (unpaired) electrons. The van der Waals surface area contributed by atoms with E-state index in [0.717, 1.165) is 53.8 Å². The van der Waals surface area contributed by atoms with Crippen LogP contribution in [0.4, 0.5) is 0 Å². The largest absolute Gasteiger partial charge is 0.458 e. The number of halogens is 1. The Labute approximate surface area is 221 Å². The highest BCUT2D eigenvalue weighted by Crippen LogP contribution is 2.30. The van der Waals surface area contributed by atoms with Gasteiger partial charge in [0.15, 0.2) is 10.8 Å². The van der Waals surface area contributed by atoms with E-state index in [0.29, 0.717) is 25.6 Å². The number of aryl methyl sites for hydroxylation is 1. The Hall–Kier alpha value is -3.56. The van der Waals surface area contributed by atoms with Crippen LogP contribution < -0.4 is 0 Å². The van der Waals surface area contributed by atoms with E-state index >= 15 is 0 Å². The molecule has 1 N–H and O–H groups in total. The number of hydrogen-bond acceptors (Lipinski definition) is 7. The lowest BCUT2D eigenvalue weighted by Crippen LogP contribution is -2.17. The van der Waals surface area contributed by atoms with Crippen molar-refractivity contribution < 1.29 is 14.3 Å². The van der Waals surface area contributed by atoms with Crippen LogP contribution in [0.1, 0.15) is 55.0 Å². The molecule has 0 saturated carbocycles. The molecular formula is C27H31ClN6O3. The van der Waals surface area contributed by atoms with Crippen molar-refractivity contribution in [1.82, 2.24) is 30.2 Å². The molecule has 0 amide bonds. The first-order valence-corrected chi connectivity index (χ1v) is 12.9. The fourth-order valence-corrected chi connectivity index (χ4v) is 4.32. The van der Waals surface area contributed by atoms with E-state index in [1.54, 1.807) is 0 Å². The van der Waals surface area contributed by atoms with Crippen LogP contribution >= 0.6 is 11.6 Å². The maximum absolute atomic E-state index is 12.9. The van der Waals surface area contributed by atoms with Gasteiger partial charge in [0.2, 0.25) is 5.82 Å². The summed E-state index contributed by atoms with van der Waals surface area (Å²) in [5.74, 6) is 0.815. The number of carbonyl (C=O) groups excluding carboxylic acids is 1. The summed E-state index contributed by atoms with van der Waals surface area (Å²) >= 11 is 6.44. The van der Waals surface area contributed by atoms with Gasteiger partial charge in [0.05, 0.1) is 6.61 Å². The van der Waals surface area contributed by atoms with Crippen molar-refractivity contribution in [3.63, 3.8) is 0 Å². The number of unbranched alkanes of at least 4 members (excludes halogenated alkanes) is 1. The Morgan fingerprint density at radius 1 is 1.00 bits per heavy atom. The summed E-state index contributed by atoms with van der Waals surface area (Å²) in [4.78, 5) is 17.4. The Bertz CT molecular complexity index is 1290. The van der Waals surface area contributed by atoms with Gasteiger partial charge >= 0.3 is 5.97 Å². The lowest BCUT2D eigenvalue weighted by molar-refractivity contribution is 0.0308. The van der Waals surface area contributed by atoms with E-state index < -0.39 is 5.97 Å². The molecule has 0 bridgehead atoms. The molecule has 2 aromatic carbocycles. The molecule has 0 aliphatic heterocycles. The molecule has 10 heteroatoms. The van der Waals surface area contributed by atoms with E-state index in [2.05, 4.69) is 32.5 Å². The van der Waals surface area contributed by atoms with Gasteiger partial charge in [-0.3, -0.25) is 0 Å². The van der Waals surface area contributed by atoms with Crippen molar-refractivity contribution in [2.45, 2.75) is 46.1 Å². The number of hydrogen-bond donors (Lipinski definition) is 1. The average molecular weight is 523 g/mol. The number of ether oxygens (including phenoxy) is 2. The zero-order chi connectivity index (χ0) is 26.0. The quantitative estimate of drug-likeness (QED) is 0.186. The van der Waals surface area contributed by atoms with Crippen molar-refractivity contribution in [3.8, 4) is 22.5 Å². The summed E-state index contributed by atoms with van der Waals surface area (Å²) in [5, 5.41) is 14.6. The maximum atomic E-state index is 12.9. The van der Waals surface area contributed by atoms with Gasteiger partial charge in [0, 0.05) is 25.1 Å². The number of aromatic nitrogens is 6. The van der Waals surface area contributed by atoms with Crippen LogP contribution in [0.2, 0.25) is 5.15 Å². The number of nitrogens with one attached hydrogen (secondary N) is 1. The zero-order valence-electron chi connectivity index (χ0n) is 21.1. The minimum Gasteiger partial charge on any atom is -0.458 e. The van der Waals surface area contributed by atoms with Gasteiger partial charge in [-0.25, -0.2) is 9.78 Å². The van der Waals surface area contributed by atoms with Crippen molar-refractivity contribution in [2.24, 2.45) is 0 Å². The molecule has 0 spiro atoms. The molecule has 37 heavy (non-hydrogen) atoms. The average Bonchev–Trinajstić information content (AvgIpc) is 3.56. The Kier molecular flexibility index (Phi) is 9.40. The van der Waals surface area contributed by atoms with Crippen LogP contribution in [0.15, 0.2) is 48.5 Å². The van der Waals surface area contributed by atoms with Gasteiger partial charge in [-0.05, 0) is 34.7 Å². The van der Waals surface area contributed by atoms with Crippen molar-refractivity contribution >= 4 is 17.6 Å². The fraction of sp³-hybridized carbons (Fsp3) is 0.370. The minimum absolute atomic E-state index is 0.163. The highest BCUT2D eigenvalue weighted by Gasteiger charge is 2.23. The summed E-state index contributed by atoms with van der Waals surface area (Å²) in [6.45, 7) is 5.74. The molecule has 9 nitrogen and oxygen atoms in total. The number of aromatic amines is 1. The first-order chi connectivity index (χ1) is 18.1. The molecule has 4 rings (SSSR count). The second-order valence-corrected chi connectivity index (χ2v) is 8.94.